The fourth-order valence-electron chi connectivity index (χ4n) is 2.42. The molecule has 0 aliphatic heterocycles. The van der Waals surface area contributed by atoms with Crippen LogP contribution in [0.15, 0.2) is 48.5 Å². The smallest absolute Gasteiger partial charge is 0.0408 e. The van der Waals surface area contributed by atoms with Crippen molar-refractivity contribution in [1.29, 1.82) is 0 Å². The molecule has 21 heavy (non-hydrogen) atoms. The SMILES string of the molecule is CCC(C)(C)c1ccc(C(N)Cc2cccc(Cl)c2)cc1. The van der Waals surface area contributed by atoms with Crippen LogP contribution in [-0.4, -0.2) is 0 Å². The zero-order valence-corrected chi connectivity index (χ0v) is 13.8. The largest absolute Gasteiger partial charge is 0.324 e. The molecular formula is C19H24ClN. The van der Waals surface area contributed by atoms with Gasteiger partial charge in [-0.25, -0.2) is 0 Å². The molecule has 0 radical (unpaired) electrons. The molecule has 0 saturated carbocycles. The van der Waals surface area contributed by atoms with E-state index in [0.29, 0.717) is 0 Å². The first kappa shape index (κ1) is 16.1. The molecule has 0 heterocycles. The predicted molar refractivity (Wildman–Crippen MR) is 91.8 cm³/mol. The highest BCUT2D eigenvalue weighted by Crippen LogP contribution is 2.28. The van der Waals surface area contributed by atoms with Crippen molar-refractivity contribution in [2.24, 2.45) is 5.73 Å². The minimum atomic E-state index is 0.00209. The van der Waals surface area contributed by atoms with Crippen LogP contribution in [0.5, 0.6) is 0 Å². The monoisotopic (exact) mass is 301 g/mol. The van der Waals surface area contributed by atoms with Crippen LogP contribution in [0.2, 0.25) is 5.02 Å². The molecule has 1 nitrogen and oxygen atoms in total. The third-order valence-electron chi connectivity index (χ3n) is 4.35. The molecule has 112 valence electrons. The van der Waals surface area contributed by atoms with E-state index < -0.39 is 0 Å². The standard InChI is InChI=1S/C19H24ClN/c1-4-19(2,3)16-10-8-15(9-11-16)18(21)13-14-6-5-7-17(20)12-14/h5-12,18H,4,13,21H2,1-3H3. The van der Waals surface area contributed by atoms with Gasteiger partial charge in [0.15, 0.2) is 0 Å². The summed E-state index contributed by atoms with van der Waals surface area (Å²) in [6, 6.07) is 16.6. The Hall–Kier alpha value is -1.31. The lowest BCUT2D eigenvalue weighted by atomic mass is 9.81. The second-order valence-electron chi connectivity index (χ2n) is 6.30. The summed E-state index contributed by atoms with van der Waals surface area (Å²) in [7, 11) is 0. The molecule has 2 aromatic rings. The van der Waals surface area contributed by atoms with Gasteiger partial charge in [-0.1, -0.05) is 68.8 Å². The van der Waals surface area contributed by atoms with Crippen molar-refractivity contribution in [3.63, 3.8) is 0 Å². The van der Waals surface area contributed by atoms with Gasteiger partial charge < -0.3 is 5.73 Å². The first-order valence-electron chi connectivity index (χ1n) is 7.53. The van der Waals surface area contributed by atoms with Gasteiger partial charge in [0, 0.05) is 11.1 Å². The maximum atomic E-state index is 6.33. The fourth-order valence-corrected chi connectivity index (χ4v) is 2.63. The van der Waals surface area contributed by atoms with Crippen LogP contribution in [0.4, 0.5) is 0 Å². The highest BCUT2D eigenvalue weighted by molar-refractivity contribution is 6.30. The van der Waals surface area contributed by atoms with Crippen molar-refractivity contribution in [2.75, 3.05) is 0 Å². The van der Waals surface area contributed by atoms with E-state index in [1.807, 2.05) is 18.2 Å². The lowest BCUT2D eigenvalue weighted by Crippen LogP contribution is -2.17. The molecule has 2 N–H and O–H groups in total. The van der Waals surface area contributed by atoms with Crippen molar-refractivity contribution in [3.05, 3.63) is 70.2 Å². The van der Waals surface area contributed by atoms with Crippen LogP contribution < -0.4 is 5.73 Å². The Morgan fingerprint density at radius 3 is 2.33 bits per heavy atom. The molecule has 0 fully saturated rings. The maximum Gasteiger partial charge on any atom is 0.0408 e. The summed E-state index contributed by atoms with van der Waals surface area (Å²) < 4.78 is 0. The van der Waals surface area contributed by atoms with Gasteiger partial charge in [0.1, 0.15) is 0 Å². The third-order valence-corrected chi connectivity index (χ3v) is 4.58. The van der Waals surface area contributed by atoms with Crippen molar-refractivity contribution >= 4 is 11.6 Å². The van der Waals surface area contributed by atoms with E-state index in [1.165, 1.54) is 16.7 Å². The van der Waals surface area contributed by atoms with E-state index in [4.69, 9.17) is 17.3 Å². The van der Waals surface area contributed by atoms with Crippen molar-refractivity contribution in [2.45, 2.75) is 45.1 Å². The van der Waals surface area contributed by atoms with E-state index in [-0.39, 0.29) is 11.5 Å². The molecule has 2 aromatic carbocycles. The molecule has 0 aliphatic rings. The summed E-state index contributed by atoms with van der Waals surface area (Å²) in [5.41, 5.74) is 10.3. The maximum absolute atomic E-state index is 6.33. The quantitative estimate of drug-likeness (QED) is 0.800. The Kier molecular flexibility index (Phi) is 5.08. The van der Waals surface area contributed by atoms with Gasteiger partial charge >= 0.3 is 0 Å². The minimum absolute atomic E-state index is 0.00209. The molecule has 1 atom stereocenters. The Morgan fingerprint density at radius 1 is 1.10 bits per heavy atom. The number of benzene rings is 2. The lowest BCUT2D eigenvalue weighted by molar-refractivity contribution is 0.506. The summed E-state index contributed by atoms with van der Waals surface area (Å²) in [5.74, 6) is 0. The van der Waals surface area contributed by atoms with E-state index in [0.717, 1.165) is 17.9 Å². The Labute approximate surface area is 133 Å². The molecule has 2 rings (SSSR count). The van der Waals surface area contributed by atoms with Crippen LogP contribution in [0.25, 0.3) is 0 Å². The Morgan fingerprint density at radius 2 is 1.76 bits per heavy atom. The highest BCUT2D eigenvalue weighted by Gasteiger charge is 2.18. The molecule has 0 spiro atoms. The topological polar surface area (TPSA) is 26.0 Å². The average molecular weight is 302 g/mol. The van der Waals surface area contributed by atoms with Crippen LogP contribution in [0.3, 0.4) is 0 Å². The fraction of sp³-hybridized carbons (Fsp3) is 0.368. The van der Waals surface area contributed by atoms with Gasteiger partial charge in [-0.3, -0.25) is 0 Å². The molecule has 0 bridgehead atoms. The molecule has 2 heteroatoms. The van der Waals surface area contributed by atoms with Crippen LogP contribution in [0.1, 0.15) is 49.9 Å². The molecule has 0 aromatic heterocycles. The van der Waals surface area contributed by atoms with Crippen molar-refractivity contribution < 1.29 is 0 Å². The van der Waals surface area contributed by atoms with Crippen LogP contribution in [0, 0.1) is 0 Å². The van der Waals surface area contributed by atoms with Crippen LogP contribution in [-0.2, 0) is 11.8 Å². The molecule has 1 unspecified atom stereocenters. The van der Waals surface area contributed by atoms with E-state index in [2.05, 4.69) is 51.1 Å². The first-order chi connectivity index (χ1) is 9.92. The van der Waals surface area contributed by atoms with Crippen LogP contribution >= 0.6 is 11.6 Å². The summed E-state index contributed by atoms with van der Waals surface area (Å²) in [5, 5.41) is 0.764. The number of nitrogens with two attached hydrogens (primary N) is 1. The number of halogens is 1. The number of hydrogen-bond acceptors (Lipinski definition) is 1. The minimum Gasteiger partial charge on any atom is -0.324 e. The van der Waals surface area contributed by atoms with E-state index in [1.54, 1.807) is 0 Å². The second kappa shape index (κ2) is 6.64. The Bertz CT molecular complexity index is 587. The lowest BCUT2D eigenvalue weighted by Gasteiger charge is -2.24. The van der Waals surface area contributed by atoms with Gasteiger partial charge in [0.2, 0.25) is 0 Å². The summed E-state index contributed by atoms with van der Waals surface area (Å²) in [6.07, 6.45) is 1.93. The van der Waals surface area contributed by atoms with Gasteiger partial charge in [0.25, 0.3) is 0 Å². The van der Waals surface area contributed by atoms with E-state index in [9.17, 15) is 0 Å². The first-order valence-corrected chi connectivity index (χ1v) is 7.90. The molecule has 0 amide bonds. The number of rotatable bonds is 5. The zero-order chi connectivity index (χ0) is 15.5. The van der Waals surface area contributed by atoms with Gasteiger partial charge in [0.05, 0.1) is 0 Å². The third kappa shape index (κ3) is 4.09. The van der Waals surface area contributed by atoms with Crippen molar-refractivity contribution in [3.8, 4) is 0 Å². The molecule has 0 saturated heterocycles. The number of hydrogen-bond donors (Lipinski definition) is 1. The zero-order valence-electron chi connectivity index (χ0n) is 13.1. The molecule has 0 aliphatic carbocycles. The molecular weight excluding hydrogens is 278 g/mol. The second-order valence-corrected chi connectivity index (χ2v) is 6.74. The average Bonchev–Trinajstić information content (AvgIpc) is 2.47. The van der Waals surface area contributed by atoms with Gasteiger partial charge in [-0.15, -0.1) is 0 Å². The predicted octanol–water partition coefficient (Wildman–Crippen LogP) is 5.27. The summed E-state index contributed by atoms with van der Waals surface area (Å²) in [4.78, 5) is 0. The summed E-state index contributed by atoms with van der Waals surface area (Å²) in [6.45, 7) is 6.76. The normalized spacial score (nSPS) is 13.2. The van der Waals surface area contributed by atoms with Crippen molar-refractivity contribution in [1.82, 2.24) is 0 Å². The highest BCUT2D eigenvalue weighted by atomic mass is 35.5. The van der Waals surface area contributed by atoms with E-state index >= 15 is 0 Å². The van der Waals surface area contributed by atoms with Gasteiger partial charge in [-0.05, 0) is 47.1 Å². The Balaban J connectivity index is 2.11. The summed E-state index contributed by atoms with van der Waals surface area (Å²) >= 11 is 6.02. The van der Waals surface area contributed by atoms with Gasteiger partial charge in [-0.2, -0.15) is 0 Å².